The van der Waals surface area contributed by atoms with Crippen molar-refractivity contribution >= 4 is 77.2 Å². The number of hydrogen-bond donors (Lipinski definition) is 0. The van der Waals surface area contributed by atoms with Gasteiger partial charge in [-0.3, -0.25) is 19.9 Å². The van der Waals surface area contributed by atoms with Gasteiger partial charge in [-0.15, -0.1) is 0 Å². The van der Waals surface area contributed by atoms with E-state index in [-0.39, 0.29) is 0 Å². The lowest BCUT2D eigenvalue weighted by Crippen LogP contribution is -2.33. The molecule has 13 aromatic rings. The van der Waals surface area contributed by atoms with Crippen LogP contribution in [0.5, 0.6) is 0 Å². The lowest BCUT2D eigenvalue weighted by Gasteiger charge is -2.41. The zero-order valence-corrected chi connectivity index (χ0v) is 35.4. The summed E-state index contributed by atoms with van der Waals surface area (Å²) in [7, 11) is 0. The Morgan fingerprint density at radius 2 is 0.938 bits per heavy atom. The molecular weight excluding hydrogens is 815 g/mol. The first-order chi connectivity index (χ1) is 32.3. The van der Waals surface area contributed by atoms with Crippen LogP contribution in [0.15, 0.2) is 211 Å². The average Bonchev–Trinajstić information content (AvgIpc) is 4.08. The predicted molar refractivity (Wildman–Crippen MR) is 262 cm³/mol. The fraction of sp³-hybridized carbons (Fsp3) is 0.0175. The molecule has 0 N–H and O–H groups in total. The third-order valence-electron chi connectivity index (χ3n) is 14.0. The molecule has 1 aliphatic heterocycles. The third-order valence-corrected chi connectivity index (χ3v) is 15.1. The summed E-state index contributed by atoms with van der Waals surface area (Å²) in [6.07, 6.45) is 11.7. The highest BCUT2D eigenvalue weighted by Crippen LogP contribution is 2.63. The van der Waals surface area contributed by atoms with E-state index in [1.54, 1.807) is 0 Å². The molecule has 302 valence electrons. The van der Waals surface area contributed by atoms with Crippen molar-refractivity contribution in [1.82, 2.24) is 33.6 Å². The SMILES string of the molecule is c1cc2c(c(-n3c4ccccc4c4ccncc43)c1)C1(c3ccc(-n4c5ccccc5c5ccncc54)cc3S2)c2cccnc2-c2ncc(-n3c4ccccc4c4ccccc43)cc21. The van der Waals surface area contributed by atoms with Crippen molar-refractivity contribution in [2.75, 3.05) is 0 Å². The van der Waals surface area contributed by atoms with Crippen LogP contribution >= 0.6 is 11.8 Å². The minimum atomic E-state index is -0.825. The van der Waals surface area contributed by atoms with Crippen LogP contribution in [0.25, 0.3) is 93.9 Å². The summed E-state index contributed by atoms with van der Waals surface area (Å²) in [5.74, 6) is 0. The fourth-order valence-electron chi connectivity index (χ4n) is 11.5. The van der Waals surface area contributed by atoms with Gasteiger partial charge in [0.05, 0.1) is 79.9 Å². The van der Waals surface area contributed by atoms with E-state index in [0.29, 0.717) is 0 Å². The van der Waals surface area contributed by atoms with Crippen molar-refractivity contribution < 1.29 is 0 Å². The molecule has 6 aromatic carbocycles. The van der Waals surface area contributed by atoms with Crippen LogP contribution in [0.2, 0.25) is 0 Å². The molecule has 7 nitrogen and oxygen atoms in total. The summed E-state index contributed by atoms with van der Waals surface area (Å²) < 4.78 is 7.18. The molecule has 2 aliphatic rings. The number of rotatable bonds is 3. The highest BCUT2D eigenvalue weighted by Gasteiger charge is 2.53. The van der Waals surface area contributed by atoms with E-state index in [2.05, 4.69) is 182 Å². The van der Waals surface area contributed by atoms with Crippen LogP contribution in [0.1, 0.15) is 22.3 Å². The van der Waals surface area contributed by atoms with Gasteiger partial charge in [0.15, 0.2) is 0 Å². The average molecular weight is 848 g/mol. The number of fused-ring (bicyclic) bond motifs is 18. The monoisotopic (exact) mass is 847 g/mol. The number of pyridine rings is 4. The van der Waals surface area contributed by atoms with Crippen LogP contribution in [0.3, 0.4) is 0 Å². The smallest absolute Gasteiger partial charge is 0.0939 e. The molecule has 0 bridgehead atoms. The minimum Gasteiger partial charge on any atom is -0.308 e. The van der Waals surface area contributed by atoms with E-state index in [1.807, 2.05) is 48.9 Å². The van der Waals surface area contributed by atoms with Gasteiger partial charge in [-0.2, -0.15) is 0 Å². The van der Waals surface area contributed by atoms with Crippen LogP contribution in [0.4, 0.5) is 0 Å². The van der Waals surface area contributed by atoms with Crippen molar-refractivity contribution in [3.63, 3.8) is 0 Å². The molecule has 0 amide bonds. The van der Waals surface area contributed by atoms with Crippen LogP contribution in [-0.2, 0) is 5.41 Å². The Morgan fingerprint density at radius 1 is 0.369 bits per heavy atom. The topological polar surface area (TPSA) is 66.3 Å². The van der Waals surface area contributed by atoms with E-state index in [0.717, 1.165) is 72.7 Å². The quantitative estimate of drug-likeness (QED) is 0.177. The number of benzene rings is 6. The standard InChI is InChI=1S/C57H33N7S/c1-6-17-46-36(11-1)37-12-2-7-18-47(37)63(46)35-29-44-56(61-31-35)55-43(15-10-26-60-55)57(44)42-23-22-34(62-45-16-5-3-13-38(45)40-24-27-58-32-50(40)62)30-53(42)65-52-21-9-20-49(54(52)57)64-48-19-8-4-14-39(48)41-25-28-59-33-51(41)64/h1-33H. The molecule has 0 fully saturated rings. The van der Waals surface area contributed by atoms with E-state index in [4.69, 9.17) is 15.0 Å². The molecular formula is C57H33N7S. The Morgan fingerprint density at radius 3 is 1.60 bits per heavy atom. The van der Waals surface area contributed by atoms with Crippen molar-refractivity contribution in [1.29, 1.82) is 0 Å². The molecule has 1 unspecified atom stereocenters. The number of nitrogens with zero attached hydrogens (tertiary/aromatic N) is 7. The van der Waals surface area contributed by atoms with E-state index in [9.17, 15) is 0 Å². The third kappa shape index (κ3) is 4.50. The van der Waals surface area contributed by atoms with Crippen LogP contribution in [-0.4, -0.2) is 33.6 Å². The number of aromatic nitrogens is 7. The van der Waals surface area contributed by atoms with E-state index < -0.39 is 5.41 Å². The maximum atomic E-state index is 5.47. The van der Waals surface area contributed by atoms with Crippen molar-refractivity contribution in [3.05, 3.63) is 223 Å². The molecule has 1 aliphatic carbocycles. The van der Waals surface area contributed by atoms with Crippen LogP contribution < -0.4 is 0 Å². The van der Waals surface area contributed by atoms with Gasteiger partial charge in [-0.1, -0.05) is 103 Å². The van der Waals surface area contributed by atoms with Gasteiger partial charge in [0.25, 0.3) is 0 Å². The number of para-hydroxylation sites is 4. The molecule has 15 rings (SSSR count). The first kappa shape index (κ1) is 35.2. The first-order valence-corrected chi connectivity index (χ1v) is 22.7. The van der Waals surface area contributed by atoms with Gasteiger partial charge in [-0.05, 0) is 83.9 Å². The van der Waals surface area contributed by atoms with E-state index in [1.165, 1.54) is 53.2 Å². The Labute approximate surface area is 375 Å². The first-order valence-electron chi connectivity index (χ1n) is 21.9. The molecule has 0 saturated heterocycles. The van der Waals surface area contributed by atoms with E-state index >= 15 is 0 Å². The lowest BCUT2D eigenvalue weighted by molar-refractivity contribution is 0.711. The Balaban J connectivity index is 1.09. The molecule has 8 heterocycles. The maximum Gasteiger partial charge on any atom is 0.0939 e. The van der Waals surface area contributed by atoms with Crippen molar-refractivity contribution in [2.24, 2.45) is 0 Å². The summed E-state index contributed by atoms with van der Waals surface area (Å²) in [5.41, 5.74) is 15.5. The molecule has 7 aromatic heterocycles. The summed E-state index contributed by atoms with van der Waals surface area (Å²) in [5, 5.41) is 7.17. The molecule has 0 saturated carbocycles. The van der Waals surface area contributed by atoms with Gasteiger partial charge in [0.1, 0.15) is 0 Å². The van der Waals surface area contributed by atoms with Crippen LogP contribution in [0, 0.1) is 0 Å². The largest absolute Gasteiger partial charge is 0.308 e. The molecule has 65 heavy (non-hydrogen) atoms. The summed E-state index contributed by atoms with van der Waals surface area (Å²) in [6.45, 7) is 0. The van der Waals surface area contributed by atoms with Crippen molar-refractivity contribution in [2.45, 2.75) is 15.2 Å². The maximum absolute atomic E-state index is 5.47. The Hall–Kier alpha value is -8.33. The number of hydrogen-bond acceptors (Lipinski definition) is 5. The van der Waals surface area contributed by atoms with Gasteiger partial charge in [0, 0.05) is 77.5 Å². The zero-order valence-electron chi connectivity index (χ0n) is 34.6. The minimum absolute atomic E-state index is 0.825. The second kappa shape index (κ2) is 12.9. The van der Waals surface area contributed by atoms with Crippen molar-refractivity contribution in [3.8, 4) is 28.5 Å². The Kier molecular flexibility index (Phi) is 6.97. The zero-order chi connectivity index (χ0) is 42.4. The van der Waals surface area contributed by atoms with Gasteiger partial charge in [0.2, 0.25) is 0 Å². The van der Waals surface area contributed by atoms with Gasteiger partial charge in [-0.25, -0.2) is 0 Å². The molecule has 1 spiro atoms. The summed E-state index contributed by atoms with van der Waals surface area (Å²) >= 11 is 1.84. The highest BCUT2D eigenvalue weighted by atomic mass is 32.2. The van der Waals surface area contributed by atoms with Gasteiger partial charge < -0.3 is 13.7 Å². The normalized spacial score (nSPS) is 15.1. The Bertz CT molecular complexity index is 4040. The summed E-state index contributed by atoms with van der Waals surface area (Å²) in [4.78, 5) is 22.4. The summed E-state index contributed by atoms with van der Waals surface area (Å²) in [6, 6.07) is 59.7. The lowest BCUT2D eigenvalue weighted by atomic mass is 9.67. The second-order valence-electron chi connectivity index (χ2n) is 17.0. The molecule has 8 heteroatoms. The highest BCUT2D eigenvalue weighted by molar-refractivity contribution is 7.99. The molecule has 0 radical (unpaired) electrons. The molecule has 1 atom stereocenters. The van der Waals surface area contributed by atoms with Gasteiger partial charge >= 0.3 is 0 Å². The fourth-order valence-corrected chi connectivity index (χ4v) is 12.7. The second-order valence-corrected chi connectivity index (χ2v) is 18.1. The predicted octanol–water partition coefficient (Wildman–Crippen LogP) is 13.4.